The van der Waals surface area contributed by atoms with Crippen molar-refractivity contribution in [2.75, 3.05) is 11.6 Å². The molecule has 1 amide bonds. The predicted octanol–water partition coefficient (Wildman–Crippen LogP) is 5.33. The molecule has 0 fully saturated rings. The summed E-state index contributed by atoms with van der Waals surface area (Å²) in [6, 6.07) is 12.1. The maximum absolute atomic E-state index is 11.7. The second-order valence-electron chi connectivity index (χ2n) is 3.82. The molecule has 104 valence electrons. The van der Waals surface area contributed by atoms with Gasteiger partial charge in [-0.15, -0.1) is 11.8 Å². The molecular weight excluding hydrogens is 317 g/mol. The predicted molar refractivity (Wildman–Crippen MR) is 84.3 cm³/mol. The zero-order valence-electron chi connectivity index (χ0n) is 10.5. The largest absolute Gasteiger partial charge is 0.417 e. The molecule has 0 aliphatic heterocycles. The molecule has 2 aromatic rings. The molecule has 0 aromatic heterocycles. The van der Waals surface area contributed by atoms with Crippen molar-refractivity contribution in [1.82, 2.24) is 0 Å². The summed E-state index contributed by atoms with van der Waals surface area (Å²) in [7, 11) is 0. The Morgan fingerprint density at radius 2 is 1.85 bits per heavy atom. The molecule has 0 bridgehead atoms. The summed E-state index contributed by atoms with van der Waals surface area (Å²) in [5, 5.41) is 3.39. The zero-order valence-corrected chi connectivity index (χ0v) is 12.9. The summed E-state index contributed by atoms with van der Waals surface area (Å²) in [5.41, 5.74) is 0.651. The first-order chi connectivity index (χ1) is 9.58. The third-order valence-electron chi connectivity index (χ3n) is 2.43. The van der Waals surface area contributed by atoms with Gasteiger partial charge in [0.15, 0.2) is 5.75 Å². The van der Waals surface area contributed by atoms with E-state index in [2.05, 4.69) is 5.32 Å². The highest BCUT2D eigenvalue weighted by molar-refractivity contribution is 7.98. The Bertz CT molecular complexity index is 617. The number of ether oxygens (including phenoxy) is 1. The number of thioether (sulfide) groups is 1. The van der Waals surface area contributed by atoms with Crippen LogP contribution in [0, 0.1) is 0 Å². The van der Waals surface area contributed by atoms with E-state index >= 15 is 0 Å². The van der Waals surface area contributed by atoms with E-state index in [0.717, 1.165) is 4.90 Å². The van der Waals surface area contributed by atoms with E-state index in [1.165, 1.54) is 6.07 Å². The minimum absolute atomic E-state index is 0.259. The van der Waals surface area contributed by atoms with Gasteiger partial charge in [0, 0.05) is 15.6 Å². The normalized spacial score (nSPS) is 10.2. The maximum atomic E-state index is 11.7. The lowest BCUT2D eigenvalue weighted by Crippen LogP contribution is -2.16. The molecule has 0 heterocycles. The summed E-state index contributed by atoms with van der Waals surface area (Å²) < 4.78 is 5.11. The smallest absolute Gasteiger partial charge is 0.409 e. The third-order valence-corrected chi connectivity index (χ3v) is 3.71. The summed E-state index contributed by atoms with van der Waals surface area (Å²) in [6.07, 6.45) is 1.38. The summed E-state index contributed by atoms with van der Waals surface area (Å²) >= 11 is 13.3. The van der Waals surface area contributed by atoms with Crippen molar-refractivity contribution in [3.63, 3.8) is 0 Å². The summed E-state index contributed by atoms with van der Waals surface area (Å²) in [6.45, 7) is 0. The molecule has 1 N–H and O–H groups in total. The second kappa shape index (κ2) is 6.88. The van der Waals surface area contributed by atoms with Crippen LogP contribution < -0.4 is 10.1 Å². The van der Waals surface area contributed by atoms with Crippen molar-refractivity contribution in [3.8, 4) is 5.75 Å². The van der Waals surface area contributed by atoms with Crippen molar-refractivity contribution in [2.24, 2.45) is 0 Å². The van der Waals surface area contributed by atoms with Gasteiger partial charge in [-0.05, 0) is 48.7 Å². The van der Waals surface area contributed by atoms with Crippen LogP contribution in [0.25, 0.3) is 0 Å². The van der Waals surface area contributed by atoms with E-state index < -0.39 is 6.09 Å². The number of anilines is 1. The van der Waals surface area contributed by atoms with Crippen LogP contribution in [0.15, 0.2) is 47.4 Å². The Morgan fingerprint density at radius 1 is 1.15 bits per heavy atom. The molecule has 2 rings (SSSR count). The van der Waals surface area contributed by atoms with Crippen LogP contribution in [0.3, 0.4) is 0 Å². The molecule has 0 saturated heterocycles. The molecule has 0 spiro atoms. The fourth-order valence-corrected chi connectivity index (χ4v) is 2.33. The quantitative estimate of drug-likeness (QED) is 0.774. The average Bonchev–Trinajstić information content (AvgIpc) is 2.43. The van der Waals surface area contributed by atoms with Crippen molar-refractivity contribution in [3.05, 3.63) is 52.5 Å². The molecule has 2 aromatic carbocycles. The first-order valence-electron chi connectivity index (χ1n) is 5.66. The van der Waals surface area contributed by atoms with Gasteiger partial charge in [-0.1, -0.05) is 23.2 Å². The number of carbonyl (C=O) groups is 1. The summed E-state index contributed by atoms with van der Waals surface area (Å²) in [4.78, 5) is 12.9. The second-order valence-corrected chi connectivity index (χ2v) is 5.54. The first-order valence-corrected chi connectivity index (χ1v) is 7.64. The lowest BCUT2D eigenvalue weighted by molar-refractivity contribution is 0.215. The highest BCUT2D eigenvalue weighted by Gasteiger charge is 2.09. The first kappa shape index (κ1) is 15.0. The minimum Gasteiger partial charge on any atom is -0.409 e. The van der Waals surface area contributed by atoms with Crippen molar-refractivity contribution in [1.29, 1.82) is 0 Å². The number of nitrogens with one attached hydrogen (secondary N) is 1. The Kier molecular flexibility index (Phi) is 5.17. The van der Waals surface area contributed by atoms with Crippen LogP contribution in [-0.2, 0) is 0 Å². The van der Waals surface area contributed by atoms with E-state index in [0.29, 0.717) is 10.7 Å². The molecular formula is C14H11Cl2NO2S. The number of amides is 1. The van der Waals surface area contributed by atoms with Gasteiger partial charge in [-0.3, -0.25) is 5.32 Å². The number of hydrogen-bond acceptors (Lipinski definition) is 3. The van der Waals surface area contributed by atoms with E-state index in [1.54, 1.807) is 36.0 Å². The molecule has 6 heteroatoms. The molecule has 0 atom stereocenters. The minimum atomic E-state index is -0.605. The van der Waals surface area contributed by atoms with Gasteiger partial charge in [0.05, 0.1) is 5.02 Å². The molecule has 0 saturated carbocycles. The molecule has 3 nitrogen and oxygen atoms in total. The van der Waals surface area contributed by atoms with Crippen LogP contribution in [0.5, 0.6) is 5.75 Å². The van der Waals surface area contributed by atoms with E-state index in [4.69, 9.17) is 27.9 Å². The van der Waals surface area contributed by atoms with Crippen molar-refractivity contribution >= 4 is 46.7 Å². The number of halogens is 2. The Hall–Kier alpha value is -1.36. The van der Waals surface area contributed by atoms with Crippen LogP contribution in [0.1, 0.15) is 0 Å². The molecule has 0 unspecified atom stereocenters. The van der Waals surface area contributed by atoms with Crippen molar-refractivity contribution < 1.29 is 9.53 Å². The lowest BCUT2D eigenvalue weighted by atomic mass is 10.3. The molecule has 20 heavy (non-hydrogen) atoms. The van der Waals surface area contributed by atoms with Crippen LogP contribution in [-0.4, -0.2) is 12.3 Å². The lowest BCUT2D eigenvalue weighted by Gasteiger charge is -2.08. The highest BCUT2D eigenvalue weighted by Crippen LogP contribution is 2.27. The van der Waals surface area contributed by atoms with Crippen LogP contribution in [0.2, 0.25) is 10.0 Å². The van der Waals surface area contributed by atoms with E-state index in [9.17, 15) is 4.79 Å². The number of benzene rings is 2. The maximum Gasteiger partial charge on any atom is 0.417 e. The molecule has 0 radical (unpaired) electrons. The van der Waals surface area contributed by atoms with Gasteiger partial charge in [-0.2, -0.15) is 0 Å². The van der Waals surface area contributed by atoms with Gasteiger partial charge in [0.2, 0.25) is 0 Å². The topological polar surface area (TPSA) is 38.3 Å². The number of carbonyl (C=O) groups excluding carboxylic acids is 1. The van der Waals surface area contributed by atoms with Gasteiger partial charge in [0.25, 0.3) is 0 Å². The Labute approximate surface area is 131 Å². The number of rotatable bonds is 3. The fraction of sp³-hybridized carbons (Fsp3) is 0.0714. The molecule has 0 aliphatic carbocycles. The zero-order chi connectivity index (χ0) is 14.5. The van der Waals surface area contributed by atoms with Crippen LogP contribution >= 0.6 is 35.0 Å². The van der Waals surface area contributed by atoms with Crippen LogP contribution in [0.4, 0.5) is 10.5 Å². The average molecular weight is 328 g/mol. The standard InChI is InChI=1S/C14H11Cl2NO2S/c1-20-11-5-3-10(4-6-11)17-14(18)19-13-7-2-9(15)8-12(13)16/h2-8H,1H3,(H,17,18). The monoisotopic (exact) mass is 327 g/mol. The van der Waals surface area contributed by atoms with E-state index in [-0.39, 0.29) is 10.8 Å². The number of hydrogen-bond donors (Lipinski definition) is 1. The molecule has 0 aliphatic rings. The van der Waals surface area contributed by atoms with Gasteiger partial charge >= 0.3 is 6.09 Å². The van der Waals surface area contributed by atoms with Gasteiger partial charge in [0.1, 0.15) is 0 Å². The SMILES string of the molecule is CSc1ccc(NC(=O)Oc2ccc(Cl)cc2Cl)cc1. The Morgan fingerprint density at radius 3 is 2.45 bits per heavy atom. The Balaban J connectivity index is 2.01. The van der Waals surface area contributed by atoms with Gasteiger partial charge < -0.3 is 4.74 Å². The van der Waals surface area contributed by atoms with Gasteiger partial charge in [-0.25, -0.2) is 4.79 Å². The van der Waals surface area contributed by atoms with Crippen molar-refractivity contribution in [2.45, 2.75) is 4.90 Å². The summed E-state index contributed by atoms with van der Waals surface area (Å²) in [5.74, 6) is 0.259. The third kappa shape index (κ3) is 4.07. The fourth-order valence-electron chi connectivity index (χ4n) is 1.48. The highest BCUT2D eigenvalue weighted by atomic mass is 35.5. The van der Waals surface area contributed by atoms with E-state index in [1.807, 2.05) is 18.4 Å².